The van der Waals surface area contributed by atoms with Gasteiger partial charge >= 0.3 is 12.0 Å². The van der Waals surface area contributed by atoms with E-state index in [9.17, 15) is 14.4 Å². The van der Waals surface area contributed by atoms with Crippen molar-refractivity contribution >= 4 is 29.7 Å². The summed E-state index contributed by atoms with van der Waals surface area (Å²) in [6.45, 7) is 5.14. The van der Waals surface area contributed by atoms with Crippen molar-refractivity contribution in [3.05, 3.63) is 0 Å². The molecule has 19 heavy (non-hydrogen) atoms. The maximum absolute atomic E-state index is 12.0. The number of hydrogen-bond donors (Lipinski definition) is 3. The van der Waals surface area contributed by atoms with E-state index in [4.69, 9.17) is 10.8 Å². The molecule has 0 aliphatic carbocycles. The molecule has 0 bridgehead atoms. The molecule has 3 amide bonds. The number of hydrogen-bond acceptors (Lipinski definition) is 4. The lowest BCUT2D eigenvalue weighted by atomic mass is 10.2. The first-order chi connectivity index (χ1) is 8.79. The van der Waals surface area contributed by atoms with Crippen molar-refractivity contribution in [2.24, 2.45) is 5.73 Å². The van der Waals surface area contributed by atoms with Crippen molar-refractivity contribution in [2.45, 2.75) is 36.8 Å². The average Bonchev–Trinajstić information content (AvgIpc) is 2.25. The van der Waals surface area contributed by atoms with Crippen molar-refractivity contribution < 1.29 is 19.5 Å². The van der Waals surface area contributed by atoms with Crippen LogP contribution in [0.1, 0.15) is 20.3 Å². The second-order valence-electron chi connectivity index (χ2n) is 4.67. The largest absolute Gasteiger partial charge is 0.480 e. The maximum Gasteiger partial charge on any atom is 0.326 e. The molecule has 2 unspecified atom stereocenters. The molecule has 0 aromatic heterocycles. The van der Waals surface area contributed by atoms with Gasteiger partial charge in [-0.1, -0.05) is 13.8 Å². The van der Waals surface area contributed by atoms with Gasteiger partial charge in [0, 0.05) is 23.6 Å². The average molecular weight is 289 g/mol. The highest BCUT2D eigenvalue weighted by molar-refractivity contribution is 8.00. The Kier molecular flexibility index (Phi) is 5.46. The first-order valence-corrected chi connectivity index (χ1v) is 6.96. The summed E-state index contributed by atoms with van der Waals surface area (Å²) in [6.07, 6.45) is -0.408. The molecule has 0 radical (unpaired) electrons. The maximum atomic E-state index is 12.0. The zero-order valence-corrected chi connectivity index (χ0v) is 11.8. The highest BCUT2D eigenvalue weighted by atomic mass is 32.2. The van der Waals surface area contributed by atoms with Crippen molar-refractivity contribution in [3.63, 3.8) is 0 Å². The van der Waals surface area contributed by atoms with Crippen LogP contribution in [0.25, 0.3) is 0 Å². The van der Waals surface area contributed by atoms with Gasteiger partial charge in [0.05, 0.1) is 6.42 Å². The Labute approximate surface area is 115 Å². The quantitative estimate of drug-likeness (QED) is 0.666. The number of carboxylic acid groups (broad SMARTS) is 1. The molecule has 0 spiro atoms. The molecule has 7 nitrogen and oxygen atoms in total. The van der Waals surface area contributed by atoms with Crippen LogP contribution in [0.5, 0.6) is 0 Å². The van der Waals surface area contributed by atoms with E-state index in [-0.39, 0.29) is 0 Å². The number of rotatable bonds is 4. The van der Waals surface area contributed by atoms with Crippen LogP contribution in [0.3, 0.4) is 0 Å². The number of thioether (sulfide) groups is 1. The summed E-state index contributed by atoms with van der Waals surface area (Å²) >= 11 is 1.79. The fourth-order valence-corrected chi connectivity index (χ4v) is 3.31. The Morgan fingerprint density at radius 1 is 1.37 bits per heavy atom. The molecule has 1 heterocycles. The Hall–Kier alpha value is -1.44. The van der Waals surface area contributed by atoms with Crippen molar-refractivity contribution in [3.8, 4) is 0 Å². The van der Waals surface area contributed by atoms with Crippen molar-refractivity contribution in [1.82, 2.24) is 10.2 Å². The zero-order valence-electron chi connectivity index (χ0n) is 11.0. The summed E-state index contributed by atoms with van der Waals surface area (Å²) in [7, 11) is 0. The third-order valence-electron chi connectivity index (χ3n) is 2.71. The van der Waals surface area contributed by atoms with Crippen LogP contribution in [-0.4, -0.2) is 57.5 Å². The van der Waals surface area contributed by atoms with Gasteiger partial charge in [-0.05, 0) is 0 Å². The lowest BCUT2D eigenvalue weighted by molar-refractivity contribution is -0.140. The Bertz CT molecular complexity index is 367. The van der Waals surface area contributed by atoms with E-state index in [2.05, 4.69) is 5.32 Å². The third-order valence-corrected chi connectivity index (χ3v) is 3.94. The number of carbonyl (C=O) groups is 3. The second-order valence-corrected chi connectivity index (χ2v) is 6.55. The zero-order chi connectivity index (χ0) is 14.6. The first-order valence-electron chi connectivity index (χ1n) is 6.01. The van der Waals surface area contributed by atoms with E-state index >= 15 is 0 Å². The minimum atomic E-state index is -1.27. The van der Waals surface area contributed by atoms with E-state index in [1.807, 2.05) is 13.8 Å². The normalized spacial score (nSPS) is 24.6. The summed E-state index contributed by atoms with van der Waals surface area (Å²) in [5.74, 6) is -2.02. The van der Waals surface area contributed by atoms with Crippen LogP contribution in [-0.2, 0) is 9.59 Å². The van der Waals surface area contributed by atoms with Crippen LogP contribution in [0.4, 0.5) is 4.79 Å². The molecule has 4 N–H and O–H groups in total. The Morgan fingerprint density at radius 2 is 1.89 bits per heavy atom. The second kappa shape index (κ2) is 6.65. The first kappa shape index (κ1) is 15.6. The molecule has 0 aromatic carbocycles. The predicted octanol–water partition coefficient (Wildman–Crippen LogP) is -0.150. The Balaban J connectivity index is 2.61. The minimum absolute atomic E-state index is 0.300. The van der Waals surface area contributed by atoms with Crippen LogP contribution >= 0.6 is 11.8 Å². The molecule has 1 saturated heterocycles. The fraction of sp³-hybridized carbons (Fsp3) is 0.727. The third kappa shape index (κ3) is 4.98. The molecular weight excluding hydrogens is 270 g/mol. The number of primary amides is 1. The van der Waals surface area contributed by atoms with Crippen LogP contribution in [0.2, 0.25) is 0 Å². The van der Waals surface area contributed by atoms with Gasteiger partial charge in [0.2, 0.25) is 5.91 Å². The number of nitrogens with zero attached hydrogens (tertiary/aromatic N) is 1. The summed E-state index contributed by atoms with van der Waals surface area (Å²) < 4.78 is 0. The number of urea groups is 1. The standard InChI is InChI=1S/C11H19N3O4S/c1-6-4-14(5-7(2)19-6)11(18)13-8(10(16)17)3-9(12)15/h6-8H,3-5H2,1-2H3,(H2,12,15)(H,13,18)(H,16,17)/t6?,7?,8-/m1/s1. The molecule has 0 saturated carbocycles. The summed E-state index contributed by atoms with van der Waals surface area (Å²) in [5, 5.41) is 11.9. The molecule has 0 aromatic rings. The predicted molar refractivity (Wildman–Crippen MR) is 71.9 cm³/mol. The number of carbonyl (C=O) groups excluding carboxylic acids is 2. The topological polar surface area (TPSA) is 113 Å². The van der Waals surface area contributed by atoms with E-state index in [1.165, 1.54) is 0 Å². The van der Waals surface area contributed by atoms with E-state index in [0.717, 1.165) is 0 Å². The minimum Gasteiger partial charge on any atom is -0.480 e. The SMILES string of the molecule is CC1CN(C(=O)N[C@H](CC(N)=O)C(=O)O)CC(C)S1. The number of carboxylic acids is 1. The van der Waals surface area contributed by atoms with Crippen LogP contribution in [0.15, 0.2) is 0 Å². The molecular formula is C11H19N3O4S. The van der Waals surface area contributed by atoms with Gasteiger partial charge in [-0.15, -0.1) is 0 Å². The summed E-state index contributed by atoms with van der Waals surface area (Å²) in [5.41, 5.74) is 4.96. The van der Waals surface area contributed by atoms with Gasteiger partial charge in [0.1, 0.15) is 6.04 Å². The van der Waals surface area contributed by atoms with Crippen molar-refractivity contribution in [1.29, 1.82) is 0 Å². The van der Waals surface area contributed by atoms with Gasteiger partial charge < -0.3 is 21.1 Å². The van der Waals surface area contributed by atoms with Crippen LogP contribution < -0.4 is 11.1 Å². The van der Waals surface area contributed by atoms with E-state index in [1.54, 1.807) is 16.7 Å². The van der Waals surface area contributed by atoms with Gasteiger partial charge in [0.15, 0.2) is 0 Å². The molecule has 8 heteroatoms. The lowest BCUT2D eigenvalue weighted by Gasteiger charge is -2.35. The molecule has 1 rings (SSSR count). The summed E-state index contributed by atoms with van der Waals surface area (Å²) in [4.78, 5) is 35.3. The molecule has 108 valence electrons. The number of nitrogens with one attached hydrogen (secondary N) is 1. The molecule has 3 atom stereocenters. The molecule has 1 aliphatic rings. The highest BCUT2D eigenvalue weighted by Crippen LogP contribution is 2.24. The molecule has 1 fully saturated rings. The highest BCUT2D eigenvalue weighted by Gasteiger charge is 2.29. The van der Waals surface area contributed by atoms with E-state index in [0.29, 0.717) is 23.6 Å². The summed E-state index contributed by atoms with van der Waals surface area (Å²) in [6, 6.07) is -1.74. The van der Waals surface area contributed by atoms with E-state index < -0.39 is 30.4 Å². The Morgan fingerprint density at radius 3 is 2.32 bits per heavy atom. The number of amides is 3. The van der Waals surface area contributed by atoms with Crippen LogP contribution in [0, 0.1) is 0 Å². The fourth-order valence-electron chi connectivity index (χ4n) is 1.99. The number of aliphatic carboxylic acids is 1. The van der Waals surface area contributed by atoms with Gasteiger partial charge in [-0.3, -0.25) is 4.79 Å². The van der Waals surface area contributed by atoms with Gasteiger partial charge in [-0.25, -0.2) is 9.59 Å². The molecule has 1 aliphatic heterocycles. The smallest absolute Gasteiger partial charge is 0.326 e. The van der Waals surface area contributed by atoms with Gasteiger partial charge in [0.25, 0.3) is 0 Å². The lowest BCUT2D eigenvalue weighted by Crippen LogP contribution is -2.53. The number of nitrogens with two attached hydrogens (primary N) is 1. The van der Waals surface area contributed by atoms with Gasteiger partial charge in [-0.2, -0.15) is 11.8 Å². The monoisotopic (exact) mass is 289 g/mol. The van der Waals surface area contributed by atoms with Crippen molar-refractivity contribution in [2.75, 3.05) is 13.1 Å².